The highest BCUT2D eigenvalue weighted by Crippen LogP contribution is 2.38. The van der Waals surface area contributed by atoms with Crippen molar-refractivity contribution in [2.24, 2.45) is 0 Å². The summed E-state index contributed by atoms with van der Waals surface area (Å²) in [4.78, 5) is 25.9. The van der Waals surface area contributed by atoms with Gasteiger partial charge in [0, 0.05) is 36.0 Å². The molecule has 5 nitrogen and oxygen atoms in total. The van der Waals surface area contributed by atoms with Crippen molar-refractivity contribution in [3.8, 4) is 5.75 Å². The van der Waals surface area contributed by atoms with Gasteiger partial charge < -0.3 is 14.7 Å². The van der Waals surface area contributed by atoms with E-state index in [9.17, 15) is 22.8 Å². The minimum atomic E-state index is -4.46. The van der Waals surface area contributed by atoms with E-state index in [1.165, 1.54) is 17.0 Å². The maximum absolute atomic E-state index is 13.4. The van der Waals surface area contributed by atoms with E-state index in [-0.39, 0.29) is 19.5 Å². The quantitative estimate of drug-likeness (QED) is 0.332. The number of rotatable bonds is 8. The summed E-state index contributed by atoms with van der Waals surface area (Å²) < 4.78 is 45.9. The standard InChI is InChI=1S/C28H25BrF3NO4/c1-27(15-18-4-9-23(29)10-5-18)16-21-14-20(6-11-24(21)37-27)26(36)33(13-12-25(34)35)17-19-2-7-22(8-3-19)28(30,31)32/h2-11,14H,12-13,15-17H2,1H3,(H,34,35). The third-order valence-corrected chi connectivity index (χ3v) is 6.79. The number of carboxylic acids is 1. The number of aliphatic carboxylic acids is 1. The van der Waals surface area contributed by atoms with E-state index in [1.54, 1.807) is 18.2 Å². The smallest absolute Gasteiger partial charge is 0.416 e. The van der Waals surface area contributed by atoms with Crippen LogP contribution in [0.15, 0.2) is 71.2 Å². The fourth-order valence-corrected chi connectivity index (χ4v) is 4.74. The first-order valence-electron chi connectivity index (χ1n) is 11.7. The first kappa shape index (κ1) is 26.7. The van der Waals surface area contributed by atoms with E-state index < -0.39 is 29.2 Å². The molecule has 0 saturated carbocycles. The molecule has 4 rings (SSSR count). The molecule has 37 heavy (non-hydrogen) atoms. The molecule has 9 heteroatoms. The van der Waals surface area contributed by atoms with E-state index in [1.807, 2.05) is 31.2 Å². The molecule has 1 aliphatic heterocycles. The van der Waals surface area contributed by atoms with Gasteiger partial charge in [-0.3, -0.25) is 9.59 Å². The number of hydrogen-bond donors (Lipinski definition) is 1. The Hall–Kier alpha value is -3.33. The third kappa shape index (κ3) is 6.71. The van der Waals surface area contributed by atoms with Crippen molar-refractivity contribution >= 4 is 27.8 Å². The minimum Gasteiger partial charge on any atom is -0.487 e. The van der Waals surface area contributed by atoms with Crippen LogP contribution in [0.3, 0.4) is 0 Å². The average molecular weight is 576 g/mol. The van der Waals surface area contributed by atoms with E-state index in [4.69, 9.17) is 9.84 Å². The monoisotopic (exact) mass is 575 g/mol. The summed E-state index contributed by atoms with van der Waals surface area (Å²) in [6.45, 7) is 1.92. The molecule has 1 atom stereocenters. The number of carbonyl (C=O) groups is 2. The number of fused-ring (bicyclic) bond motifs is 1. The second kappa shape index (κ2) is 10.6. The molecule has 0 fully saturated rings. The van der Waals surface area contributed by atoms with Gasteiger partial charge in [0.15, 0.2) is 0 Å². The molecule has 0 bridgehead atoms. The molecule has 3 aromatic rings. The normalized spacial score (nSPS) is 16.7. The van der Waals surface area contributed by atoms with Crippen molar-refractivity contribution in [2.45, 2.75) is 44.5 Å². The molecule has 194 valence electrons. The first-order valence-corrected chi connectivity index (χ1v) is 12.4. The summed E-state index contributed by atoms with van der Waals surface area (Å²) >= 11 is 3.43. The van der Waals surface area contributed by atoms with Crippen LogP contribution in [0.25, 0.3) is 0 Å². The van der Waals surface area contributed by atoms with Gasteiger partial charge in [-0.1, -0.05) is 40.2 Å². The highest BCUT2D eigenvalue weighted by Gasteiger charge is 2.36. The van der Waals surface area contributed by atoms with E-state index >= 15 is 0 Å². The molecule has 0 saturated heterocycles. The van der Waals surface area contributed by atoms with Crippen molar-refractivity contribution in [1.82, 2.24) is 4.90 Å². The number of benzene rings is 3. The summed E-state index contributed by atoms with van der Waals surface area (Å²) in [6.07, 6.45) is -3.48. The van der Waals surface area contributed by atoms with Crippen molar-refractivity contribution in [1.29, 1.82) is 0 Å². The van der Waals surface area contributed by atoms with Gasteiger partial charge in [0.05, 0.1) is 12.0 Å². The summed E-state index contributed by atoms with van der Waals surface area (Å²) in [6, 6.07) is 17.6. The van der Waals surface area contributed by atoms with E-state index in [2.05, 4.69) is 15.9 Å². The lowest BCUT2D eigenvalue weighted by molar-refractivity contribution is -0.138. The number of ether oxygens (including phenoxy) is 1. The maximum Gasteiger partial charge on any atom is 0.416 e. The number of carbonyl (C=O) groups excluding carboxylic acids is 1. The van der Waals surface area contributed by atoms with Gasteiger partial charge in [-0.2, -0.15) is 13.2 Å². The van der Waals surface area contributed by atoms with Crippen LogP contribution in [0, 0.1) is 0 Å². The molecule has 1 amide bonds. The van der Waals surface area contributed by atoms with Gasteiger partial charge in [-0.25, -0.2) is 0 Å². The highest BCUT2D eigenvalue weighted by atomic mass is 79.9. The number of halogens is 4. The predicted molar refractivity (Wildman–Crippen MR) is 135 cm³/mol. The molecule has 1 aliphatic rings. The van der Waals surface area contributed by atoms with Crippen molar-refractivity contribution in [3.63, 3.8) is 0 Å². The lowest BCUT2D eigenvalue weighted by Crippen LogP contribution is -2.33. The molecule has 0 aromatic heterocycles. The van der Waals surface area contributed by atoms with E-state index in [0.717, 1.165) is 27.7 Å². The van der Waals surface area contributed by atoms with Crippen LogP contribution in [0.5, 0.6) is 5.75 Å². The van der Waals surface area contributed by atoms with Gasteiger partial charge in [-0.05, 0) is 66.1 Å². The van der Waals surface area contributed by atoms with Crippen LogP contribution in [0.2, 0.25) is 0 Å². The Morgan fingerprint density at radius 1 is 1.03 bits per heavy atom. The Morgan fingerprint density at radius 3 is 2.30 bits per heavy atom. The molecule has 1 N–H and O–H groups in total. The Morgan fingerprint density at radius 2 is 1.68 bits per heavy atom. The molecule has 1 unspecified atom stereocenters. The van der Waals surface area contributed by atoms with Crippen molar-refractivity contribution in [3.05, 3.63) is 99.0 Å². The van der Waals surface area contributed by atoms with E-state index in [0.29, 0.717) is 29.7 Å². The van der Waals surface area contributed by atoms with Gasteiger partial charge in [0.1, 0.15) is 11.4 Å². The SMILES string of the molecule is CC1(Cc2ccc(Br)cc2)Cc2cc(C(=O)N(CCC(=O)O)Cc3ccc(C(F)(F)F)cc3)ccc2O1. The second-order valence-corrected chi connectivity index (χ2v) is 10.3. The lowest BCUT2D eigenvalue weighted by atomic mass is 9.91. The molecule has 0 spiro atoms. The van der Waals surface area contributed by atoms with Gasteiger partial charge in [0.2, 0.25) is 0 Å². The number of amides is 1. The van der Waals surface area contributed by atoms with Crippen LogP contribution in [0.4, 0.5) is 13.2 Å². The predicted octanol–water partition coefficient (Wildman–Crippen LogP) is 6.52. The number of nitrogens with zero attached hydrogens (tertiary/aromatic N) is 1. The molecule has 3 aromatic carbocycles. The topological polar surface area (TPSA) is 66.8 Å². The molecule has 0 aliphatic carbocycles. The van der Waals surface area contributed by atoms with Crippen LogP contribution in [-0.4, -0.2) is 34.0 Å². The minimum absolute atomic E-state index is 0.0148. The largest absolute Gasteiger partial charge is 0.487 e. The second-order valence-electron chi connectivity index (χ2n) is 9.42. The number of carboxylic acid groups (broad SMARTS) is 1. The molecular weight excluding hydrogens is 551 g/mol. The Balaban J connectivity index is 1.51. The Bertz CT molecular complexity index is 1290. The van der Waals surface area contributed by atoms with Gasteiger partial charge in [0.25, 0.3) is 5.91 Å². The van der Waals surface area contributed by atoms with Crippen LogP contribution >= 0.6 is 15.9 Å². The Kier molecular flexibility index (Phi) is 7.64. The summed E-state index contributed by atoms with van der Waals surface area (Å²) in [7, 11) is 0. The molecule has 0 radical (unpaired) electrons. The molecule has 1 heterocycles. The van der Waals surface area contributed by atoms with Crippen LogP contribution in [-0.2, 0) is 30.4 Å². The maximum atomic E-state index is 13.4. The first-order chi connectivity index (χ1) is 17.4. The summed E-state index contributed by atoms with van der Waals surface area (Å²) in [5.41, 5.74) is 1.56. The lowest BCUT2D eigenvalue weighted by Gasteiger charge is -2.24. The van der Waals surface area contributed by atoms with Crippen LogP contribution in [0.1, 0.15) is 46.0 Å². The zero-order valence-electron chi connectivity index (χ0n) is 20.0. The third-order valence-electron chi connectivity index (χ3n) is 6.26. The molecular formula is C28H25BrF3NO4. The fraction of sp³-hybridized carbons (Fsp3) is 0.286. The highest BCUT2D eigenvalue weighted by molar-refractivity contribution is 9.10. The van der Waals surface area contributed by atoms with Gasteiger partial charge >= 0.3 is 12.1 Å². The Labute approximate surface area is 221 Å². The summed E-state index contributed by atoms with van der Waals surface area (Å²) in [5.74, 6) is -0.780. The number of hydrogen-bond acceptors (Lipinski definition) is 3. The zero-order valence-corrected chi connectivity index (χ0v) is 21.6. The van der Waals surface area contributed by atoms with Crippen molar-refractivity contribution in [2.75, 3.05) is 6.54 Å². The van der Waals surface area contributed by atoms with Crippen LogP contribution < -0.4 is 4.74 Å². The van der Waals surface area contributed by atoms with Crippen molar-refractivity contribution < 1.29 is 32.6 Å². The summed E-state index contributed by atoms with van der Waals surface area (Å²) in [5, 5.41) is 9.15. The average Bonchev–Trinajstić information content (AvgIpc) is 3.17. The number of alkyl halides is 3. The van der Waals surface area contributed by atoms with Gasteiger partial charge in [-0.15, -0.1) is 0 Å². The fourth-order valence-electron chi connectivity index (χ4n) is 4.47. The zero-order chi connectivity index (χ0) is 26.8.